The average Bonchev–Trinajstić information content (AvgIpc) is 3.47. The van der Waals surface area contributed by atoms with Crippen molar-refractivity contribution in [2.24, 2.45) is 11.3 Å². The van der Waals surface area contributed by atoms with Gasteiger partial charge in [-0.15, -0.1) is 0 Å². The van der Waals surface area contributed by atoms with Crippen LogP contribution in [0, 0.1) is 28.5 Å². The van der Waals surface area contributed by atoms with E-state index < -0.39 is 29.0 Å². The molecule has 1 N–H and O–H groups in total. The SMILES string of the molecule is C=C(C)c1nc2c(F)c(-c3cccc(Cl)c3Cl)c(CCC#N)cc2c2c1cc([C@H]1C[C@H](O)CN1C(=O)C1(C)CC1)n2[C@H]1[C@@H]2C[C@H]1N(C(=O)OC(C)(C)C)C2. The summed E-state index contributed by atoms with van der Waals surface area (Å²) in [6.07, 6.45) is 1.97. The van der Waals surface area contributed by atoms with Crippen LogP contribution < -0.4 is 0 Å². The quantitative estimate of drug-likeness (QED) is 0.200. The first-order valence-electron chi connectivity index (χ1n) is 18.7. The standard InChI is InChI=1S/C42H44Cl2FN5O4/c1-21(2)35-27-18-30(29-17-24(51)20-48(29)39(52)42(6)12-13-42)50(37-23-16-31(37)49(19-23)40(53)54-41(3,4)5)38(27)26-15-22(9-8-14-46)32(34(45)36(26)47-35)25-10-7-11-28(43)33(25)44/h7,10-11,15,18,23-24,29,31,37,51H,1,8-9,12-13,16-17,19-20H2,2-6H3/t23-,24+,29-,31-,37+/m1/s1. The predicted octanol–water partition coefficient (Wildman–Crippen LogP) is 9.41. The highest BCUT2D eigenvalue weighted by Crippen LogP contribution is 2.55. The number of halogens is 3. The van der Waals surface area contributed by atoms with E-state index in [1.54, 1.807) is 23.1 Å². The van der Waals surface area contributed by atoms with Gasteiger partial charge in [-0.3, -0.25) is 4.79 Å². The summed E-state index contributed by atoms with van der Waals surface area (Å²) in [6, 6.07) is 10.3. The van der Waals surface area contributed by atoms with Crippen molar-refractivity contribution in [2.45, 2.75) is 103 Å². The van der Waals surface area contributed by atoms with Gasteiger partial charge >= 0.3 is 6.09 Å². The van der Waals surface area contributed by atoms with E-state index in [9.17, 15) is 20.0 Å². The second kappa shape index (κ2) is 13.0. The Balaban J connectivity index is 1.42. The Morgan fingerprint density at radius 2 is 1.89 bits per heavy atom. The molecule has 5 heterocycles. The molecule has 5 atom stereocenters. The van der Waals surface area contributed by atoms with Crippen molar-refractivity contribution in [3.8, 4) is 17.2 Å². The molecule has 2 amide bonds. The van der Waals surface area contributed by atoms with Crippen molar-refractivity contribution >= 4 is 62.6 Å². The van der Waals surface area contributed by atoms with Crippen molar-refractivity contribution in [3.05, 3.63) is 69.7 Å². The normalized spacial score (nSPS) is 24.2. The zero-order valence-corrected chi connectivity index (χ0v) is 32.7. The van der Waals surface area contributed by atoms with E-state index in [0.29, 0.717) is 46.3 Å². The van der Waals surface area contributed by atoms with Gasteiger partial charge in [-0.2, -0.15) is 5.26 Å². The average molecular weight is 773 g/mol. The van der Waals surface area contributed by atoms with Crippen LogP contribution in [0.15, 0.2) is 36.9 Å². The Morgan fingerprint density at radius 3 is 2.56 bits per heavy atom. The van der Waals surface area contributed by atoms with Crippen LogP contribution in [0.5, 0.6) is 0 Å². The molecule has 12 heteroatoms. The van der Waals surface area contributed by atoms with Gasteiger partial charge in [0, 0.05) is 64.9 Å². The van der Waals surface area contributed by atoms with Crippen LogP contribution in [0.2, 0.25) is 10.0 Å². The molecular weight excluding hydrogens is 728 g/mol. The molecule has 2 saturated carbocycles. The van der Waals surface area contributed by atoms with E-state index in [0.717, 1.165) is 30.3 Å². The number of likely N-dealkylation sites (tertiary alicyclic amines) is 1. The first-order chi connectivity index (χ1) is 25.5. The molecule has 9 nitrogen and oxygen atoms in total. The van der Waals surface area contributed by atoms with E-state index in [1.807, 2.05) is 51.7 Å². The number of fused-ring (bicyclic) bond motifs is 4. The number of nitriles is 1. The number of β-amino-alcohol motifs (C(OH)–C–C–N with tert-alkyl or cyclic N) is 1. The van der Waals surface area contributed by atoms with Gasteiger partial charge in [0.1, 0.15) is 11.1 Å². The number of hydrogen-bond donors (Lipinski definition) is 1. The minimum absolute atomic E-state index is 0.0174. The fourth-order valence-electron chi connectivity index (χ4n) is 9.00. The van der Waals surface area contributed by atoms with Crippen LogP contribution in [0.4, 0.5) is 9.18 Å². The van der Waals surface area contributed by atoms with Crippen LogP contribution in [0.25, 0.3) is 38.5 Å². The molecular formula is C42H44Cl2FN5O4. The zero-order valence-electron chi connectivity index (χ0n) is 31.2. The molecule has 0 radical (unpaired) electrons. The van der Waals surface area contributed by atoms with Gasteiger partial charge in [0.15, 0.2) is 5.82 Å². The van der Waals surface area contributed by atoms with Crippen LogP contribution in [-0.4, -0.2) is 67.3 Å². The van der Waals surface area contributed by atoms with Gasteiger partial charge in [0.25, 0.3) is 0 Å². The molecule has 282 valence electrons. The smallest absolute Gasteiger partial charge is 0.410 e. The lowest BCUT2D eigenvalue weighted by Crippen LogP contribution is -2.45. The second-order valence-corrected chi connectivity index (χ2v) is 17.7. The van der Waals surface area contributed by atoms with Gasteiger partial charge in [-0.25, -0.2) is 14.2 Å². The van der Waals surface area contributed by atoms with Crippen molar-refractivity contribution in [1.82, 2.24) is 19.4 Å². The number of rotatable bonds is 7. The number of amides is 2. The lowest BCUT2D eigenvalue weighted by Gasteiger charge is -2.40. The van der Waals surface area contributed by atoms with Crippen LogP contribution >= 0.6 is 23.2 Å². The third-order valence-corrected chi connectivity index (χ3v) is 12.6. The Hall–Kier alpha value is -4.17. The molecule has 0 unspecified atom stereocenters. The molecule has 54 heavy (non-hydrogen) atoms. The summed E-state index contributed by atoms with van der Waals surface area (Å²) in [5.41, 5.74) is 2.83. The minimum atomic E-state index is -0.723. The molecule has 2 aromatic carbocycles. The summed E-state index contributed by atoms with van der Waals surface area (Å²) in [6.45, 7) is 14.3. The van der Waals surface area contributed by atoms with Crippen molar-refractivity contribution in [3.63, 3.8) is 0 Å². The topological polar surface area (TPSA) is 112 Å². The van der Waals surface area contributed by atoms with Gasteiger partial charge in [-0.1, -0.05) is 48.8 Å². The van der Waals surface area contributed by atoms with E-state index in [2.05, 4.69) is 17.2 Å². The first-order valence-corrected chi connectivity index (χ1v) is 19.4. The number of aliphatic hydroxyl groups is 1. The van der Waals surface area contributed by atoms with Crippen molar-refractivity contribution in [1.29, 1.82) is 5.26 Å². The lowest BCUT2D eigenvalue weighted by molar-refractivity contribution is -0.137. The maximum atomic E-state index is 17.5. The number of carbonyl (C=O) groups excluding carboxylic acids is 2. The van der Waals surface area contributed by atoms with Crippen molar-refractivity contribution in [2.75, 3.05) is 13.1 Å². The Labute approximate surface area is 324 Å². The van der Waals surface area contributed by atoms with Gasteiger partial charge < -0.3 is 24.2 Å². The third kappa shape index (κ3) is 5.86. The highest BCUT2D eigenvalue weighted by Gasteiger charge is 2.57. The number of hydrogen-bond acceptors (Lipinski definition) is 6. The number of allylic oxidation sites excluding steroid dienone is 1. The summed E-state index contributed by atoms with van der Waals surface area (Å²) >= 11 is 13.1. The number of benzene rings is 2. The predicted molar refractivity (Wildman–Crippen MR) is 208 cm³/mol. The maximum absolute atomic E-state index is 17.5. The monoisotopic (exact) mass is 771 g/mol. The number of ether oxygens (including phenoxy) is 1. The van der Waals surface area contributed by atoms with Crippen LogP contribution in [0.3, 0.4) is 0 Å². The fraction of sp³-hybridized carbons (Fsp3) is 0.476. The van der Waals surface area contributed by atoms with Gasteiger partial charge in [0.2, 0.25) is 5.91 Å². The van der Waals surface area contributed by atoms with E-state index in [4.69, 9.17) is 32.9 Å². The molecule has 0 spiro atoms. The first kappa shape index (κ1) is 36.8. The highest BCUT2D eigenvalue weighted by molar-refractivity contribution is 6.43. The van der Waals surface area contributed by atoms with E-state index in [-0.39, 0.29) is 70.5 Å². The Morgan fingerprint density at radius 1 is 1.15 bits per heavy atom. The summed E-state index contributed by atoms with van der Waals surface area (Å²) in [4.78, 5) is 36.2. The molecule has 9 rings (SSSR count). The molecule has 3 aliphatic heterocycles. The van der Waals surface area contributed by atoms with Crippen LogP contribution in [-0.2, 0) is 16.0 Å². The minimum Gasteiger partial charge on any atom is -0.444 e. The van der Waals surface area contributed by atoms with E-state index in [1.165, 1.54) is 0 Å². The second-order valence-electron chi connectivity index (χ2n) is 16.9. The summed E-state index contributed by atoms with van der Waals surface area (Å²) in [5, 5.41) is 22.6. The van der Waals surface area contributed by atoms with Crippen molar-refractivity contribution < 1.29 is 23.8 Å². The number of pyridine rings is 1. The molecule has 5 fully saturated rings. The fourth-order valence-corrected chi connectivity index (χ4v) is 9.40. The Kier molecular flexibility index (Phi) is 8.83. The summed E-state index contributed by atoms with van der Waals surface area (Å²) in [7, 11) is 0. The summed E-state index contributed by atoms with van der Waals surface area (Å²) in [5.74, 6) is -0.508. The molecule has 2 aliphatic carbocycles. The number of aromatic nitrogens is 2. The number of nitrogens with zero attached hydrogens (tertiary/aromatic N) is 5. The highest BCUT2D eigenvalue weighted by atomic mass is 35.5. The maximum Gasteiger partial charge on any atom is 0.410 e. The van der Waals surface area contributed by atoms with Gasteiger partial charge in [0.05, 0.1) is 51.6 Å². The number of aliphatic hydroxyl groups excluding tert-OH is 1. The lowest BCUT2D eigenvalue weighted by atomic mass is 9.79. The number of aryl methyl sites for hydroxylation is 1. The molecule has 3 saturated heterocycles. The Bertz CT molecular complexity index is 2320. The van der Waals surface area contributed by atoms with E-state index >= 15 is 4.39 Å². The molecule has 4 aromatic rings. The zero-order chi connectivity index (χ0) is 38.6. The van der Waals surface area contributed by atoms with Crippen LogP contribution in [0.1, 0.15) is 95.8 Å². The molecule has 2 bridgehead atoms. The summed E-state index contributed by atoms with van der Waals surface area (Å²) < 4.78 is 25.5. The third-order valence-electron chi connectivity index (χ3n) is 11.8. The largest absolute Gasteiger partial charge is 0.444 e. The number of carbonyl (C=O) groups is 2. The molecule has 5 aliphatic rings. The van der Waals surface area contributed by atoms with Gasteiger partial charge in [-0.05, 0) is 82.7 Å². The molecule has 2 aromatic heterocycles.